The average Bonchev–Trinajstić information content (AvgIpc) is 3.08. The second-order valence-electron chi connectivity index (χ2n) is 14.0. The zero-order valence-electron chi connectivity index (χ0n) is 31.9. The van der Waals surface area contributed by atoms with E-state index in [1.807, 2.05) is 0 Å². The van der Waals surface area contributed by atoms with Gasteiger partial charge in [-0.3, -0.25) is 18.6 Å². The van der Waals surface area contributed by atoms with Crippen LogP contribution in [0.3, 0.4) is 0 Å². The second-order valence-corrected chi connectivity index (χ2v) is 15.4. The molecule has 0 aromatic carbocycles. The number of ether oxygens (including phenoxy) is 1. The lowest BCUT2D eigenvalue weighted by Crippen LogP contribution is -2.27. The number of carbonyl (C=O) groups is 2. The summed E-state index contributed by atoms with van der Waals surface area (Å²) < 4.78 is 26.7. The van der Waals surface area contributed by atoms with Crippen LogP contribution in [0, 0.1) is 0 Å². The van der Waals surface area contributed by atoms with E-state index >= 15 is 0 Å². The average molecular weight is 720 g/mol. The minimum atomic E-state index is -4.39. The fourth-order valence-electron chi connectivity index (χ4n) is 5.91. The Morgan fingerprint density at radius 2 is 0.918 bits per heavy atom. The molecule has 0 saturated heterocycles. The monoisotopic (exact) mass is 720 g/mol. The van der Waals surface area contributed by atoms with Gasteiger partial charge in [0, 0.05) is 19.4 Å². The van der Waals surface area contributed by atoms with Crippen molar-refractivity contribution in [1.82, 2.24) is 5.32 Å². The van der Waals surface area contributed by atoms with E-state index in [-0.39, 0.29) is 25.7 Å². The third-order valence-electron chi connectivity index (χ3n) is 9.04. The number of hydrogen-bond donors (Lipinski definition) is 3. The summed E-state index contributed by atoms with van der Waals surface area (Å²) >= 11 is 0. The van der Waals surface area contributed by atoms with Crippen molar-refractivity contribution in [3.63, 3.8) is 0 Å². The quantitative estimate of drug-likeness (QED) is 0.0325. The highest BCUT2D eigenvalue weighted by atomic mass is 31.2. The van der Waals surface area contributed by atoms with E-state index in [1.165, 1.54) is 141 Å². The van der Waals surface area contributed by atoms with Crippen molar-refractivity contribution in [3.8, 4) is 0 Å². The number of amides is 1. The first-order valence-electron chi connectivity index (χ1n) is 20.5. The summed E-state index contributed by atoms with van der Waals surface area (Å²) in [5.41, 5.74) is 0. The number of aliphatic hydroxyl groups is 1. The molecular formula is C39H78NO8P. The summed E-state index contributed by atoms with van der Waals surface area (Å²) in [5.74, 6) is -0.516. The van der Waals surface area contributed by atoms with Gasteiger partial charge in [0.1, 0.15) is 12.7 Å². The summed E-state index contributed by atoms with van der Waals surface area (Å²) in [5, 5.41) is 12.6. The maximum atomic E-state index is 12.0. The van der Waals surface area contributed by atoms with Crippen LogP contribution in [0.1, 0.15) is 206 Å². The highest BCUT2D eigenvalue weighted by Gasteiger charge is 2.23. The molecule has 49 heavy (non-hydrogen) atoms. The lowest BCUT2D eigenvalue weighted by molar-refractivity contribution is -0.147. The van der Waals surface area contributed by atoms with Gasteiger partial charge >= 0.3 is 13.8 Å². The maximum Gasteiger partial charge on any atom is 0.472 e. The van der Waals surface area contributed by atoms with Crippen molar-refractivity contribution in [3.05, 3.63) is 0 Å². The number of unbranched alkanes of at least 4 members (excludes halogenated alkanes) is 26. The highest BCUT2D eigenvalue weighted by Crippen LogP contribution is 2.42. The minimum absolute atomic E-state index is 0.0856. The normalized spacial score (nSPS) is 13.3. The molecule has 292 valence electrons. The number of rotatable bonds is 39. The number of hydrogen-bond acceptors (Lipinski definition) is 7. The maximum absolute atomic E-state index is 12.0. The molecule has 0 heterocycles. The van der Waals surface area contributed by atoms with Crippen molar-refractivity contribution < 1.29 is 37.9 Å². The molecule has 0 aliphatic rings. The lowest BCUT2D eigenvalue weighted by atomic mass is 10.0. The number of nitrogens with one attached hydrogen (secondary N) is 1. The van der Waals surface area contributed by atoms with Crippen molar-refractivity contribution in [2.45, 2.75) is 213 Å². The number of carbonyl (C=O) groups excluding carboxylic acids is 2. The van der Waals surface area contributed by atoms with Gasteiger partial charge in [0.05, 0.1) is 13.2 Å². The molecule has 2 unspecified atom stereocenters. The Balaban J connectivity index is 3.49. The second kappa shape index (κ2) is 36.8. The molecule has 3 N–H and O–H groups in total. The molecule has 2 atom stereocenters. The van der Waals surface area contributed by atoms with Crippen LogP contribution >= 0.6 is 7.82 Å². The van der Waals surface area contributed by atoms with E-state index in [2.05, 4.69) is 19.2 Å². The molecule has 1 amide bonds. The Labute approximate surface area is 301 Å². The van der Waals surface area contributed by atoms with Crippen LogP contribution in [0.15, 0.2) is 0 Å². The van der Waals surface area contributed by atoms with Crippen molar-refractivity contribution in [1.29, 1.82) is 0 Å². The van der Waals surface area contributed by atoms with Gasteiger partial charge in [0.15, 0.2) is 0 Å². The number of phosphoric acid groups is 1. The van der Waals surface area contributed by atoms with Crippen LogP contribution in [-0.4, -0.2) is 54.3 Å². The molecule has 0 spiro atoms. The van der Waals surface area contributed by atoms with Crippen LogP contribution in [-0.2, 0) is 27.9 Å². The Bertz CT molecular complexity index is 784. The molecule has 10 heteroatoms. The Morgan fingerprint density at radius 1 is 0.551 bits per heavy atom. The summed E-state index contributed by atoms with van der Waals surface area (Å²) in [6.07, 6.45) is 35.0. The van der Waals surface area contributed by atoms with Crippen LogP contribution < -0.4 is 5.32 Å². The first-order valence-corrected chi connectivity index (χ1v) is 22.0. The van der Waals surface area contributed by atoms with Crippen molar-refractivity contribution in [2.75, 3.05) is 26.4 Å². The molecule has 0 bridgehead atoms. The summed E-state index contributed by atoms with van der Waals surface area (Å²) in [4.78, 5) is 33.6. The Hall–Kier alpha value is -0.990. The van der Waals surface area contributed by atoms with Crippen LogP contribution in [0.4, 0.5) is 0 Å². The standard InChI is InChI=1S/C39H78NO8P/c1-3-5-7-9-11-12-13-14-15-16-17-18-19-20-21-22-23-24-25-26-28-30-32-39(43)46-35-37(41)36-48-49(44,45)47-34-33-40-38(42)31-29-27-10-8-6-4-2/h37,41H,3-36H2,1-2H3,(H,40,42)(H,44,45). The van der Waals surface area contributed by atoms with E-state index in [0.29, 0.717) is 12.8 Å². The van der Waals surface area contributed by atoms with Crippen LogP contribution in [0.5, 0.6) is 0 Å². The first-order chi connectivity index (χ1) is 23.8. The Kier molecular flexibility index (Phi) is 36.0. The van der Waals surface area contributed by atoms with Gasteiger partial charge in [0.25, 0.3) is 0 Å². The van der Waals surface area contributed by atoms with Crippen LogP contribution in [0.25, 0.3) is 0 Å². The predicted molar refractivity (Wildman–Crippen MR) is 202 cm³/mol. The number of esters is 1. The molecule has 0 aliphatic heterocycles. The Morgan fingerprint density at radius 3 is 1.33 bits per heavy atom. The van der Waals surface area contributed by atoms with Crippen LogP contribution in [0.2, 0.25) is 0 Å². The third-order valence-corrected chi connectivity index (χ3v) is 10.0. The summed E-state index contributed by atoms with van der Waals surface area (Å²) in [6, 6.07) is 0. The van der Waals surface area contributed by atoms with Gasteiger partial charge in [-0.05, 0) is 12.8 Å². The number of aliphatic hydroxyl groups excluding tert-OH is 1. The van der Waals surface area contributed by atoms with Gasteiger partial charge in [-0.2, -0.15) is 0 Å². The van der Waals surface area contributed by atoms with Gasteiger partial charge in [-0.15, -0.1) is 0 Å². The zero-order valence-corrected chi connectivity index (χ0v) is 32.8. The lowest BCUT2D eigenvalue weighted by Gasteiger charge is -2.15. The number of phosphoric ester groups is 1. The molecule has 0 fully saturated rings. The molecule has 0 aromatic heterocycles. The summed E-state index contributed by atoms with van der Waals surface area (Å²) in [6.45, 7) is 3.51. The van der Waals surface area contributed by atoms with Crippen molar-refractivity contribution in [2.24, 2.45) is 0 Å². The van der Waals surface area contributed by atoms with E-state index in [0.717, 1.165) is 38.5 Å². The molecule has 0 radical (unpaired) electrons. The summed E-state index contributed by atoms with van der Waals surface area (Å²) in [7, 11) is -4.39. The van der Waals surface area contributed by atoms with Crippen molar-refractivity contribution >= 4 is 19.7 Å². The van der Waals surface area contributed by atoms with Gasteiger partial charge in [0.2, 0.25) is 5.91 Å². The third kappa shape index (κ3) is 38.1. The fourth-order valence-corrected chi connectivity index (χ4v) is 6.67. The van der Waals surface area contributed by atoms with E-state index in [9.17, 15) is 24.2 Å². The topological polar surface area (TPSA) is 131 Å². The molecule has 9 nitrogen and oxygen atoms in total. The molecule has 0 aromatic rings. The molecule has 0 aliphatic carbocycles. The first kappa shape index (κ1) is 48.0. The SMILES string of the molecule is CCCCCCCCCCCCCCCCCCCCCCCCC(=O)OCC(O)COP(=O)(O)OCCNC(=O)CCCCCCCC. The molecular weight excluding hydrogens is 641 g/mol. The van der Waals surface area contributed by atoms with E-state index < -0.39 is 26.5 Å². The smallest absolute Gasteiger partial charge is 0.463 e. The highest BCUT2D eigenvalue weighted by molar-refractivity contribution is 7.47. The van der Waals surface area contributed by atoms with Gasteiger partial charge in [-0.25, -0.2) is 4.57 Å². The largest absolute Gasteiger partial charge is 0.472 e. The van der Waals surface area contributed by atoms with Gasteiger partial charge in [-0.1, -0.05) is 181 Å². The zero-order chi connectivity index (χ0) is 36.1. The minimum Gasteiger partial charge on any atom is -0.463 e. The van der Waals surface area contributed by atoms with E-state index in [4.69, 9.17) is 13.8 Å². The molecule has 0 saturated carbocycles. The molecule has 0 rings (SSSR count). The van der Waals surface area contributed by atoms with Gasteiger partial charge < -0.3 is 20.1 Å². The predicted octanol–water partition coefficient (Wildman–Crippen LogP) is 10.9. The fraction of sp³-hybridized carbons (Fsp3) is 0.949. The van der Waals surface area contributed by atoms with E-state index in [1.54, 1.807) is 0 Å².